The zero-order valence-electron chi connectivity index (χ0n) is 21.7. The molecule has 1 amide bonds. The summed E-state index contributed by atoms with van der Waals surface area (Å²) in [5.41, 5.74) is 1.58. The molecule has 0 radical (unpaired) electrons. The normalized spacial score (nSPS) is 23.4. The van der Waals surface area contributed by atoms with Crippen LogP contribution in [-0.4, -0.2) is 53.0 Å². The molecule has 0 saturated carbocycles. The lowest BCUT2D eigenvalue weighted by Crippen LogP contribution is -2.43. The molecule has 3 rings (SSSR count). The monoisotopic (exact) mass is 444 g/mol. The molecular formula is C25H41BN2O4. The maximum atomic E-state index is 12.7. The Labute approximate surface area is 194 Å². The summed E-state index contributed by atoms with van der Waals surface area (Å²) in [4.78, 5) is 19.5. The van der Waals surface area contributed by atoms with Gasteiger partial charge in [-0.15, -0.1) is 0 Å². The van der Waals surface area contributed by atoms with E-state index in [0.29, 0.717) is 13.1 Å². The second-order valence-corrected chi connectivity index (χ2v) is 12.3. The van der Waals surface area contributed by atoms with Gasteiger partial charge in [0.25, 0.3) is 0 Å². The van der Waals surface area contributed by atoms with Crippen molar-refractivity contribution in [2.45, 2.75) is 110 Å². The van der Waals surface area contributed by atoms with Crippen molar-refractivity contribution in [1.82, 2.24) is 9.88 Å². The van der Waals surface area contributed by atoms with Crippen LogP contribution in [0.2, 0.25) is 0 Å². The summed E-state index contributed by atoms with van der Waals surface area (Å²) in [6.45, 7) is 21.8. The van der Waals surface area contributed by atoms with Gasteiger partial charge in [0.15, 0.2) is 0 Å². The molecule has 6 nitrogen and oxygen atoms in total. The van der Waals surface area contributed by atoms with E-state index in [9.17, 15) is 4.79 Å². The third-order valence-electron chi connectivity index (χ3n) is 6.65. The minimum absolute atomic E-state index is 0.117. The Bertz CT molecular complexity index is 838. The van der Waals surface area contributed by atoms with E-state index in [1.54, 1.807) is 0 Å². The maximum Gasteiger partial charge on any atom is 0.494 e. The van der Waals surface area contributed by atoms with Crippen LogP contribution in [0.25, 0.3) is 0 Å². The van der Waals surface area contributed by atoms with E-state index in [-0.39, 0.29) is 17.4 Å². The van der Waals surface area contributed by atoms with Crippen molar-refractivity contribution in [3.8, 4) is 0 Å². The quantitative estimate of drug-likeness (QED) is 0.614. The average molecular weight is 444 g/mol. The van der Waals surface area contributed by atoms with Crippen molar-refractivity contribution in [1.29, 1.82) is 0 Å². The first kappa shape index (κ1) is 25.0. The number of carbonyl (C=O) groups excluding carboxylic acids is 1. The second-order valence-electron chi connectivity index (χ2n) is 12.3. The number of carbonyl (C=O) groups is 1. The molecule has 0 spiro atoms. The Morgan fingerprint density at radius 1 is 1.09 bits per heavy atom. The minimum atomic E-state index is -0.502. The highest BCUT2D eigenvalue weighted by Gasteiger charge is 2.52. The second kappa shape index (κ2) is 8.32. The van der Waals surface area contributed by atoms with Crippen LogP contribution >= 0.6 is 0 Å². The molecule has 2 aliphatic rings. The molecule has 2 fully saturated rings. The standard InChI is InChI=1S/C25H41BN2O4/c1-22(2,3)20-15-18(26-31-24(7,8)25(9,10)32-26)14-19(27-20)17-12-11-13-28(16-17)21(29)30-23(4,5)6/h14-15,17H,11-13,16H2,1-10H3. The number of ether oxygens (including phenoxy) is 1. The van der Waals surface area contributed by atoms with E-state index in [1.807, 2.05) is 25.7 Å². The fraction of sp³-hybridized carbons (Fsp3) is 0.760. The molecule has 0 aliphatic carbocycles. The molecule has 178 valence electrons. The van der Waals surface area contributed by atoms with Crippen molar-refractivity contribution >= 4 is 18.7 Å². The number of nitrogens with zero attached hydrogens (tertiary/aromatic N) is 2. The Hall–Kier alpha value is -1.60. The smallest absolute Gasteiger partial charge is 0.444 e. The SMILES string of the molecule is CC(C)(C)OC(=O)N1CCCC(c2cc(B3OC(C)(C)C(C)(C)O3)cc(C(C)(C)C)n2)C1. The number of aromatic nitrogens is 1. The van der Waals surface area contributed by atoms with Gasteiger partial charge < -0.3 is 18.9 Å². The first-order chi connectivity index (χ1) is 14.5. The van der Waals surface area contributed by atoms with E-state index in [0.717, 1.165) is 29.7 Å². The Morgan fingerprint density at radius 3 is 2.22 bits per heavy atom. The highest BCUT2D eigenvalue weighted by molar-refractivity contribution is 6.62. The summed E-state index contributed by atoms with van der Waals surface area (Å²) in [5, 5.41) is 0. The third kappa shape index (κ3) is 5.48. The van der Waals surface area contributed by atoms with E-state index in [2.05, 4.69) is 60.6 Å². The van der Waals surface area contributed by atoms with Crippen molar-refractivity contribution in [2.24, 2.45) is 0 Å². The Balaban J connectivity index is 1.91. The van der Waals surface area contributed by atoms with Crippen LogP contribution in [0.15, 0.2) is 12.1 Å². The van der Waals surface area contributed by atoms with E-state index >= 15 is 0 Å². The zero-order valence-corrected chi connectivity index (χ0v) is 21.7. The number of amides is 1. The number of hydrogen-bond donors (Lipinski definition) is 0. The number of likely N-dealkylation sites (tertiary alicyclic amines) is 1. The lowest BCUT2D eigenvalue weighted by atomic mass is 9.75. The molecule has 2 aliphatic heterocycles. The van der Waals surface area contributed by atoms with Gasteiger partial charge in [-0.05, 0) is 78.9 Å². The van der Waals surface area contributed by atoms with Gasteiger partial charge in [-0.1, -0.05) is 20.8 Å². The molecule has 7 heteroatoms. The predicted molar refractivity (Wildman–Crippen MR) is 128 cm³/mol. The van der Waals surface area contributed by atoms with Gasteiger partial charge in [0.05, 0.1) is 11.2 Å². The van der Waals surface area contributed by atoms with Crippen LogP contribution < -0.4 is 5.46 Å². The Morgan fingerprint density at radius 2 is 1.69 bits per heavy atom. The summed E-state index contributed by atoms with van der Waals surface area (Å²) < 4.78 is 18.3. The summed E-state index contributed by atoms with van der Waals surface area (Å²) >= 11 is 0. The molecule has 1 aromatic heterocycles. The van der Waals surface area contributed by atoms with Gasteiger partial charge in [0, 0.05) is 35.8 Å². The first-order valence-electron chi connectivity index (χ1n) is 11.8. The number of rotatable bonds is 2. The van der Waals surface area contributed by atoms with Gasteiger partial charge in [-0.25, -0.2) is 4.79 Å². The number of pyridine rings is 1. The topological polar surface area (TPSA) is 60.9 Å². The summed E-state index contributed by atoms with van der Waals surface area (Å²) in [6.07, 6.45) is 1.67. The number of hydrogen-bond acceptors (Lipinski definition) is 5. The van der Waals surface area contributed by atoms with Gasteiger partial charge in [0.2, 0.25) is 0 Å². The summed E-state index contributed by atoms with van der Waals surface area (Å²) in [7, 11) is -0.437. The Kier molecular flexibility index (Phi) is 6.51. The summed E-state index contributed by atoms with van der Waals surface area (Å²) in [5.74, 6) is 0.153. The lowest BCUT2D eigenvalue weighted by molar-refractivity contribution is 0.00578. The molecule has 1 aromatic rings. The van der Waals surface area contributed by atoms with Gasteiger partial charge in [-0.3, -0.25) is 4.98 Å². The van der Waals surface area contributed by atoms with Crippen LogP contribution in [0, 0.1) is 0 Å². The van der Waals surface area contributed by atoms with Crippen LogP contribution in [0.4, 0.5) is 4.79 Å². The van der Waals surface area contributed by atoms with Crippen LogP contribution in [0.5, 0.6) is 0 Å². The van der Waals surface area contributed by atoms with E-state index in [1.165, 1.54) is 0 Å². The molecule has 32 heavy (non-hydrogen) atoms. The van der Waals surface area contributed by atoms with Gasteiger partial charge in [0.1, 0.15) is 5.60 Å². The van der Waals surface area contributed by atoms with Crippen molar-refractivity contribution in [3.63, 3.8) is 0 Å². The maximum absolute atomic E-state index is 12.7. The molecule has 3 heterocycles. The first-order valence-corrected chi connectivity index (χ1v) is 11.8. The van der Waals surface area contributed by atoms with E-state index < -0.39 is 23.9 Å². The fourth-order valence-electron chi connectivity index (χ4n) is 3.99. The number of piperidine rings is 1. The van der Waals surface area contributed by atoms with Crippen LogP contribution in [0.1, 0.15) is 99.4 Å². The lowest BCUT2D eigenvalue weighted by Gasteiger charge is -2.34. The molecule has 2 saturated heterocycles. The molecule has 0 N–H and O–H groups in total. The molecule has 0 bridgehead atoms. The predicted octanol–water partition coefficient (Wildman–Crippen LogP) is 4.79. The summed E-state index contributed by atoms with van der Waals surface area (Å²) in [6, 6.07) is 4.22. The third-order valence-corrected chi connectivity index (χ3v) is 6.65. The molecular weight excluding hydrogens is 403 g/mol. The largest absolute Gasteiger partial charge is 0.494 e. The molecule has 0 aromatic carbocycles. The van der Waals surface area contributed by atoms with Crippen molar-refractivity contribution < 1.29 is 18.8 Å². The molecule has 1 atom stereocenters. The van der Waals surface area contributed by atoms with Crippen LogP contribution in [-0.2, 0) is 19.5 Å². The minimum Gasteiger partial charge on any atom is -0.444 e. The van der Waals surface area contributed by atoms with Crippen molar-refractivity contribution in [2.75, 3.05) is 13.1 Å². The molecule has 1 unspecified atom stereocenters. The van der Waals surface area contributed by atoms with Crippen LogP contribution in [0.3, 0.4) is 0 Å². The highest BCUT2D eigenvalue weighted by atomic mass is 16.7. The van der Waals surface area contributed by atoms with Gasteiger partial charge >= 0.3 is 13.2 Å². The average Bonchev–Trinajstić information content (AvgIpc) is 2.87. The van der Waals surface area contributed by atoms with E-state index in [4.69, 9.17) is 19.0 Å². The van der Waals surface area contributed by atoms with Crippen molar-refractivity contribution in [3.05, 3.63) is 23.5 Å². The van der Waals surface area contributed by atoms with Gasteiger partial charge in [-0.2, -0.15) is 0 Å². The highest BCUT2D eigenvalue weighted by Crippen LogP contribution is 2.37. The zero-order chi connectivity index (χ0) is 24.1. The fourth-order valence-corrected chi connectivity index (χ4v) is 3.99.